The van der Waals surface area contributed by atoms with Gasteiger partial charge in [0.2, 0.25) is 11.7 Å². The predicted octanol–water partition coefficient (Wildman–Crippen LogP) is 5.25. The molecule has 1 aliphatic rings. The number of nitrogens with zero attached hydrogens (tertiary/aromatic N) is 4. The zero-order valence-electron chi connectivity index (χ0n) is 18.8. The fourth-order valence-electron chi connectivity index (χ4n) is 4.48. The first-order valence-electron chi connectivity index (χ1n) is 11.4. The highest BCUT2D eigenvalue weighted by atomic mass is 32.1. The third-order valence-electron chi connectivity index (χ3n) is 6.22. The molecule has 0 bridgehead atoms. The Morgan fingerprint density at radius 1 is 1.17 bits per heavy atom. The Hall–Kier alpha value is -4.18. The number of hydrogen-bond acceptors (Lipinski definition) is 8. The van der Waals surface area contributed by atoms with E-state index in [1.54, 1.807) is 17.6 Å². The smallest absolute Gasteiger partial charge is 0.229 e. The lowest BCUT2D eigenvalue weighted by Gasteiger charge is -2.23. The van der Waals surface area contributed by atoms with Crippen molar-refractivity contribution in [3.05, 3.63) is 66.1 Å². The summed E-state index contributed by atoms with van der Waals surface area (Å²) in [4.78, 5) is 11.2. The second-order valence-electron chi connectivity index (χ2n) is 8.48. The summed E-state index contributed by atoms with van der Waals surface area (Å²) in [7, 11) is 0. The molecule has 6 rings (SSSR count). The highest BCUT2D eigenvalue weighted by molar-refractivity contribution is 7.14. The summed E-state index contributed by atoms with van der Waals surface area (Å²) >= 11 is 1.54. The molecular weight excluding hydrogens is 462 g/mol. The standard InChI is InChI=1S/C25H23N7O2S/c26-24(27)32-11-3-4-17(32)12-22-30-23(31-34-22)15-7-9-16(10-8-15)28-25-29-20(14-35-25)19-13-33-21-6-2-1-5-18(19)21/h1-2,5-10,13-14,17H,3-4,11-12H2,(H3,26,27)(H,28,29)/t17-/m0/s1. The number of rotatable bonds is 6. The molecule has 10 heteroatoms. The number of furan rings is 1. The predicted molar refractivity (Wildman–Crippen MR) is 136 cm³/mol. The van der Waals surface area contributed by atoms with Crippen LogP contribution in [0, 0.1) is 5.41 Å². The molecule has 35 heavy (non-hydrogen) atoms. The summed E-state index contributed by atoms with van der Waals surface area (Å²) in [6.45, 7) is 0.800. The van der Waals surface area contributed by atoms with Crippen LogP contribution in [0.5, 0.6) is 0 Å². The molecule has 5 aromatic rings. The van der Waals surface area contributed by atoms with Gasteiger partial charge in [-0.3, -0.25) is 5.41 Å². The third-order valence-corrected chi connectivity index (χ3v) is 6.98. The molecule has 1 atom stereocenters. The van der Waals surface area contributed by atoms with Gasteiger partial charge in [-0.1, -0.05) is 23.4 Å². The van der Waals surface area contributed by atoms with Crippen LogP contribution in [-0.2, 0) is 6.42 Å². The molecule has 0 saturated carbocycles. The van der Waals surface area contributed by atoms with Crippen LogP contribution in [0.15, 0.2) is 69.1 Å². The molecule has 1 saturated heterocycles. The molecule has 0 aliphatic carbocycles. The zero-order valence-corrected chi connectivity index (χ0v) is 19.6. The van der Waals surface area contributed by atoms with Crippen LogP contribution in [-0.4, -0.2) is 38.6 Å². The number of fused-ring (bicyclic) bond motifs is 1. The van der Waals surface area contributed by atoms with Gasteiger partial charge in [0.15, 0.2) is 11.1 Å². The molecule has 4 heterocycles. The third kappa shape index (κ3) is 4.24. The topological polar surface area (TPSA) is 130 Å². The van der Waals surface area contributed by atoms with Crippen LogP contribution in [0.1, 0.15) is 18.7 Å². The van der Waals surface area contributed by atoms with Gasteiger partial charge >= 0.3 is 0 Å². The second-order valence-corrected chi connectivity index (χ2v) is 9.33. The average Bonchev–Trinajstić information content (AvgIpc) is 3.66. The van der Waals surface area contributed by atoms with Crippen LogP contribution < -0.4 is 11.1 Å². The fourth-order valence-corrected chi connectivity index (χ4v) is 5.21. The van der Waals surface area contributed by atoms with E-state index in [1.807, 2.05) is 58.8 Å². The normalized spacial score (nSPS) is 15.7. The quantitative estimate of drug-likeness (QED) is 0.220. The van der Waals surface area contributed by atoms with E-state index in [-0.39, 0.29) is 12.0 Å². The number of nitrogens with one attached hydrogen (secondary N) is 2. The minimum atomic E-state index is 0.0980. The number of thiazole rings is 1. The lowest BCUT2D eigenvalue weighted by molar-refractivity contribution is 0.320. The molecule has 1 fully saturated rings. The van der Waals surface area contributed by atoms with Gasteiger partial charge in [0.25, 0.3) is 0 Å². The highest BCUT2D eigenvalue weighted by Gasteiger charge is 2.27. The van der Waals surface area contributed by atoms with Crippen LogP contribution in [0.2, 0.25) is 0 Å². The Kier molecular flexibility index (Phi) is 5.42. The van der Waals surface area contributed by atoms with Crippen LogP contribution in [0.3, 0.4) is 0 Å². The van der Waals surface area contributed by atoms with Crippen molar-refractivity contribution >= 4 is 39.1 Å². The van der Waals surface area contributed by atoms with Gasteiger partial charge in [-0.25, -0.2) is 4.98 Å². The van der Waals surface area contributed by atoms with Gasteiger partial charge in [-0.2, -0.15) is 4.98 Å². The van der Waals surface area contributed by atoms with Gasteiger partial charge in [0.05, 0.1) is 5.69 Å². The molecule has 0 amide bonds. The largest absolute Gasteiger partial charge is 0.464 e. The van der Waals surface area contributed by atoms with E-state index in [9.17, 15) is 0 Å². The number of hydrogen-bond donors (Lipinski definition) is 3. The van der Waals surface area contributed by atoms with Crippen molar-refractivity contribution in [2.24, 2.45) is 5.73 Å². The van der Waals surface area contributed by atoms with Crippen LogP contribution in [0.4, 0.5) is 10.8 Å². The molecule has 3 aromatic heterocycles. The Morgan fingerprint density at radius 2 is 2.03 bits per heavy atom. The molecule has 4 N–H and O–H groups in total. The van der Waals surface area contributed by atoms with E-state index in [1.165, 1.54) is 0 Å². The molecule has 0 radical (unpaired) electrons. The molecule has 2 aromatic carbocycles. The number of anilines is 2. The average molecular weight is 486 g/mol. The first-order valence-corrected chi connectivity index (χ1v) is 12.2. The minimum Gasteiger partial charge on any atom is -0.464 e. The SMILES string of the molecule is N=C(N)N1CCC[C@H]1Cc1nc(-c2ccc(Nc3nc(-c4coc5ccccc45)cs3)cc2)no1. The summed E-state index contributed by atoms with van der Waals surface area (Å²) in [6, 6.07) is 15.9. The monoisotopic (exact) mass is 485 g/mol. The number of para-hydroxylation sites is 1. The Labute approximate surface area is 205 Å². The number of aromatic nitrogens is 3. The van der Waals surface area contributed by atoms with E-state index < -0.39 is 0 Å². The summed E-state index contributed by atoms with van der Waals surface area (Å²) in [5.74, 6) is 1.20. The van der Waals surface area contributed by atoms with Crippen molar-refractivity contribution in [2.45, 2.75) is 25.3 Å². The zero-order chi connectivity index (χ0) is 23.8. The van der Waals surface area contributed by atoms with Crippen LogP contribution >= 0.6 is 11.3 Å². The molecule has 176 valence electrons. The van der Waals surface area contributed by atoms with Gasteiger partial charge in [0, 0.05) is 46.6 Å². The molecule has 1 aliphatic heterocycles. The minimum absolute atomic E-state index is 0.0980. The van der Waals surface area contributed by atoms with Gasteiger partial charge in [0.1, 0.15) is 11.8 Å². The fraction of sp³-hybridized carbons (Fsp3) is 0.200. The Balaban J connectivity index is 1.13. The van der Waals surface area contributed by atoms with E-state index >= 15 is 0 Å². The Bertz CT molecular complexity index is 1490. The lowest BCUT2D eigenvalue weighted by atomic mass is 10.1. The van der Waals surface area contributed by atoms with Crippen molar-refractivity contribution in [1.82, 2.24) is 20.0 Å². The second kappa shape index (κ2) is 8.88. The lowest BCUT2D eigenvalue weighted by Crippen LogP contribution is -2.41. The van der Waals surface area contributed by atoms with E-state index in [0.717, 1.165) is 58.0 Å². The summed E-state index contributed by atoms with van der Waals surface area (Å²) in [5.41, 5.74) is 10.2. The van der Waals surface area contributed by atoms with Crippen molar-refractivity contribution in [3.63, 3.8) is 0 Å². The van der Waals surface area contributed by atoms with Crippen molar-refractivity contribution < 1.29 is 8.94 Å². The summed E-state index contributed by atoms with van der Waals surface area (Å²) < 4.78 is 11.1. The van der Waals surface area contributed by atoms with Crippen molar-refractivity contribution in [2.75, 3.05) is 11.9 Å². The number of nitrogens with two attached hydrogens (primary N) is 1. The van der Waals surface area contributed by atoms with E-state index in [0.29, 0.717) is 18.1 Å². The summed E-state index contributed by atoms with van der Waals surface area (Å²) in [6.07, 6.45) is 4.32. The van der Waals surface area contributed by atoms with Crippen molar-refractivity contribution in [1.29, 1.82) is 5.41 Å². The van der Waals surface area contributed by atoms with Crippen molar-refractivity contribution in [3.8, 4) is 22.6 Å². The first kappa shape index (κ1) is 21.4. The maximum Gasteiger partial charge on any atom is 0.229 e. The molecular formula is C25H23N7O2S. The number of guanidine groups is 1. The van der Waals surface area contributed by atoms with E-state index in [4.69, 9.17) is 25.1 Å². The maximum atomic E-state index is 7.72. The van der Waals surface area contributed by atoms with Gasteiger partial charge in [-0.05, 0) is 43.2 Å². The maximum absolute atomic E-state index is 7.72. The summed E-state index contributed by atoms with van der Waals surface area (Å²) in [5, 5.41) is 19.1. The Morgan fingerprint density at radius 3 is 2.89 bits per heavy atom. The van der Waals surface area contributed by atoms with E-state index in [2.05, 4.69) is 15.5 Å². The highest BCUT2D eigenvalue weighted by Crippen LogP contribution is 2.33. The van der Waals surface area contributed by atoms with Crippen LogP contribution in [0.25, 0.3) is 33.6 Å². The van der Waals surface area contributed by atoms with Gasteiger partial charge < -0.3 is 24.9 Å². The first-order chi connectivity index (χ1) is 17.1. The molecule has 0 unspecified atom stereocenters. The number of likely N-dealkylation sites (tertiary alicyclic amines) is 1. The molecule has 0 spiro atoms. The molecule has 9 nitrogen and oxygen atoms in total. The number of benzene rings is 2. The van der Waals surface area contributed by atoms with Gasteiger partial charge in [-0.15, -0.1) is 11.3 Å².